The van der Waals surface area contributed by atoms with E-state index < -0.39 is 11.1 Å². The molecule has 0 aliphatic heterocycles. The van der Waals surface area contributed by atoms with E-state index >= 15 is 0 Å². The van der Waals surface area contributed by atoms with Crippen molar-refractivity contribution in [2.45, 2.75) is 62.9 Å². The van der Waals surface area contributed by atoms with Gasteiger partial charge in [-0.1, -0.05) is 12.1 Å². The van der Waals surface area contributed by atoms with Gasteiger partial charge in [0.05, 0.1) is 28.0 Å². The van der Waals surface area contributed by atoms with E-state index in [2.05, 4.69) is 32.2 Å². The third-order valence-corrected chi connectivity index (χ3v) is 7.86. The fourth-order valence-electron chi connectivity index (χ4n) is 4.75. The number of aromatic nitrogens is 6. The first kappa shape index (κ1) is 23.8. The highest BCUT2D eigenvalue weighted by Crippen LogP contribution is 2.43. The summed E-state index contributed by atoms with van der Waals surface area (Å²) in [7, 11) is 0. The van der Waals surface area contributed by atoms with Gasteiger partial charge in [-0.15, -0.1) is 0 Å². The summed E-state index contributed by atoms with van der Waals surface area (Å²) in [5, 5.41) is 3.15. The van der Waals surface area contributed by atoms with E-state index in [1.165, 1.54) is 0 Å². The Labute approximate surface area is 215 Å². The summed E-state index contributed by atoms with van der Waals surface area (Å²) in [5.74, 6) is 1.57. The van der Waals surface area contributed by atoms with Crippen molar-refractivity contribution in [3.63, 3.8) is 0 Å². The quantitative estimate of drug-likeness (QED) is 0.332. The van der Waals surface area contributed by atoms with Crippen LogP contribution in [0.5, 0.6) is 0 Å². The number of rotatable bonds is 8. The molecule has 0 radical (unpaired) electrons. The smallest absolute Gasteiger partial charge is 0.295 e. The van der Waals surface area contributed by atoms with Crippen LogP contribution in [0.15, 0.2) is 46.5 Å². The zero-order valence-electron chi connectivity index (χ0n) is 20.6. The van der Waals surface area contributed by atoms with E-state index in [9.17, 15) is 13.6 Å². The summed E-state index contributed by atoms with van der Waals surface area (Å²) in [4.78, 5) is 37.1. The van der Waals surface area contributed by atoms with Crippen molar-refractivity contribution in [1.82, 2.24) is 29.5 Å². The molecule has 2 N–H and O–H groups in total. The molecule has 1 aromatic carbocycles. The molecule has 2 fully saturated rings. The van der Waals surface area contributed by atoms with E-state index in [4.69, 9.17) is 4.98 Å². The minimum atomic E-state index is -2.03. The van der Waals surface area contributed by atoms with Gasteiger partial charge in [-0.05, 0) is 63.1 Å². The molecule has 37 heavy (non-hydrogen) atoms. The zero-order chi connectivity index (χ0) is 25.7. The highest BCUT2D eigenvalue weighted by atomic mass is 32.2. The minimum absolute atomic E-state index is 0.0314. The molecule has 2 saturated carbocycles. The maximum atomic E-state index is 13.7. The summed E-state index contributed by atoms with van der Waals surface area (Å²) < 4.78 is 22.2. The van der Waals surface area contributed by atoms with Crippen molar-refractivity contribution >= 4 is 28.1 Å². The third kappa shape index (κ3) is 4.64. The lowest BCUT2D eigenvalue weighted by atomic mass is 10.1. The molecule has 6 rings (SSSR count). The Kier molecular flexibility index (Phi) is 6.04. The predicted octanol–water partition coefficient (Wildman–Crippen LogP) is 3.99. The molecule has 11 heteroatoms. The zero-order valence-corrected chi connectivity index (χ0v) is 21.4. The molecule has 2 aliphatic carbocycles. The van der Waals surface area contributed by atoms with Gasteiger partial charge >= 0.3 is 0 Å². The average molecular weight is 518 g/mol. The van der Waals surface area contributed by atoms with Crippen molar-refractivity contribution in [2.75, 3.05) is 5.32 Å². The van der Waals surface area contributed by atoms with Crippen LogP contribution in [0.25, 0.3) is 22.6 Å². The Bertz CT molecular complexity index is 1580. The van der Waals surface area contributed by atoms with E-state index in [1.54, 1.807) is 41.4 Å². The molecule has 0 bridgehead atoms. The summed E-state index contributed by atoms with van der Waals surface area (Å²) in [6, 6.07) is 6.65. The van der Waals surface area contributed by atoms with Crippen molar-refractivity contribution in [1.29, 1.82) is 0 Å². The minimum Gasteiger partial charge on any atom is -0.361 e. The third-order valence-electron chi connectivity index (χ3n) is 7.18. The molecule has 2 aliphatic rings. The molecule has 190 valence electrons. The van der Waals surface area contributed by atoms with E-state index in [0.717, 1.165) is 48.2 Å². The van der Waals surface area contributed by atoms with Gasteiger partial charge in [0.2, 0.25) is 0 Å². The Balaban J connectivity index is 1.41. The average Bonchev–Trinajstić information content (AvgIpc) is 3.81. The highest BCUT2D eigenvalue weighted by molar-refractivity contribution is 7.79. The molecule has 0 spiro atoms. The Morgan fingerprint density at radius 3 is 2.54 bits per heavy atom. The summed E-state index contributed by atoms with van der Waals surface area (Å²) in [5.41, 5.74) is 4.32. The second kappa shape index (κ2) is 9.38. The number of hydrogen-bond acceptors (Lipinski definition) is 8. The van der Waals surface area contributed by atoms with Gasteiger partial charge in [-0.2, -0.15) is 0 Å². The standard InChI is InChI=1S/C26H27N7O3S/c1-14-21(22(18-7-8-18)30-13-29-14)23-28-12-20-25(32-23)33(15(2)17-5-6-17)26(34)24(31-20)27-11-16-3-9-19(10-4-16)37(35)36/h3-4,9-10,12-13,15,17-18H,5-8,11H2,1-2H3,(H,27,31)(H,35,36)/t15-/m0/s1. The Morgan fingerprint density at radius 2 is 1.86 bits per heavy atom. The molecule has 2 atom stereocenters. The summed E-state index contributed by atoms with van der Waals surface area (Å²) >= 11 is -2.03. The largest absolute Gasteiger partial charge is 0.361 e. The first-order chi connectivity index (χ1) is 17.9. The van der Waals surface area contributed by atoms with Crippen molar-refractivity contribution in [3.05, 3.63) is 64.1 Å². The lowest BCUT2D eigenvalue weighted by molar-refractivity contribution is 0.482. The van der Waals surface area contributed by atoms with Crippen LogP contribution in [0.3, 0.4) is 0 Å². The Hall–Kier alpha value is -3.57. The van der Waals surface area contributed by atoms with Crippen LogP contribution >= 0.6 is 0 Å². The number of anilines is 1. The SMILES string of the molecule is Cc1ncnc(C2CC2)c1-c1ncc2nc(NCc3ccc(S(=O)O)cc3)c(=O)n([C@@H](C)C3CC3)c2n1. The number of nitrogens with one attached hydrogen (secondary N) is 1. The van der Waals surface area contributed by atoms with Crippen LogP contribution in [0.1, 0.15) is 61.5 Å². The predicted molar refractivity (Wildman–Crippen MR) is 140 cm³/mol. The first-order valence-electron chi connectivity index (χ1n) is 12.5. The van der Waals surface area contributed by atoms with Crippen LogP contribution in [0, 0.1) is 12.8 Å². The fraction of sp³-hybridized carbons (Fsp3) is 0.385. The normalized spacial score (nSPS) is 17.1. The lowest BCUT2D eigenvalue weighted by Crippen LogP contribution is -2.29. The lowest BCUT2D eigenvalue weighted by Gasteiger charge is -2.19. The van der Waals surface area contributed by atoms with Gasteiger partial charge in [0, 0.05) is 18.5 Å². The van der Waals surface area contributed by atoms with E-state index in [-0.39, 0.29) is 17.4 Å². The van der Waals surface area contributed by atoms with Crippen molar-refractivity contribution < 1.29 is 8.76 Å². The monoisotopic (exact) mass is 517 g/mol. The number of nitrogens with zero attached hydrogens (tertiary/aromatic N) is 6. The van der Waals surface area contributed by atoms with Gasteiger partial charge in [-0.25, -0.2) is 29.1 Å². The van der Waals surface area contributed by atoms with Crippen LogP contribution in [0.2, 0.25) is 0 Å². The molecular formula is C26H27N7O3S. The topological polar surface area (TPSA) is 136 Å². The molecule has 1 unspecified atom stereocenters. The first-order valence-corrected chi connectivity index (χ1v) is 13.6. The van der Waals surface area contributed by atoms with Gasteiger partial charge in [0.15, 0.2) is 28.4 Å². The van der Waals surface area contributed by atoms with E-state index in [1.807, 2.05) is 6.92 Å². The maximum absolute atomic E-state index is 13.7. The van der Waals surface area contributed by atoms with Crippen molar-refractivity contribution in [2.24, 2.45) is 5.92 Å². The van der Waals surface area contributed by atoms with Crippen LogP contribution in [-0.4, -0.2) is 38.2 Å². The molecular weight excluding hydrogens is 490 g/mol. The molecule has 4 aromatic rings. The van der Waals surface area contributed by atoms with E-state index in [0.29, 0.717) is 40.3 Å². The molecule has 3 aromatic heterocycles. The molecule has 0 amide bonds. The van der Waals surface area contributed by atoms with Crippen LogP contribution < -0.4 is 10.9 Å². The van der Waals surface area contributed by atoms with Gasteiger partial charge in [-0.3, -0.25) is 9.36 Å². The number of hydrogen-bond donors (Lipinski definition) is 2. The second-order valence-corrected chi connectivity index (χ2v) is 10.8. The van der Waals surface area contributed by atoms with Gasteiger partial charge in [0.1, 0.15) is 11.8 Å². The number of fused-ring (bicyclic) bond motifs is 1. The van der Waals surface area contributed by atoms with Crippen LogP contribution in [0.4, 0.5) is 5.82 Å². The summed E-state index contributed by atoms with van der Waals surface area (Å²) in [6.45, 7) is 4.34. The maximum Gasteiger partial charge on any atom is 0.295 e. The summed E-state index contributed by atoms with van der Waals surface area (Å²) in [6.07, 6.45) is 7.61. The molecule has 0 saturated heterocycles. The fourth-order valence-corrected chi connectivity index (χ4v) is 5.12. The van der Waals surface area contributed by atoms with Gasteiger partial charge in [0.25, 0.3) is 5.56 Å². The van der Waals surface area contributed by atoms with Crippen molar-refractivity contribution in [3.8, 4) is 11.4 Å². The second-order valence-electron chi connectivity index (χ2n) is 9.86. The highest BCUT2D eigenvalue weighted by Gasteiger charge is 2.33. The molecule has 3 heterocycles. The van der Waals surface area contributed by atoms with Crippen LogP contribution in [-0.2, 0) is 17.6 Å². The number of aryl methyl sites for hydroxylation is 1. The number of benzene rings is 1. The Morgan fingerprint density at radius 1 is 1.11 bits per heavy atom. The van der Waals surface area contributed by atoms with Gasteiger partial charge < -0.3 is 9.87 Å². The molecule has 10 nitrogen and oxygen atoms in total.